The smallest absolute Gasteiger partial charge is 0.227 e. The standard InChI is InChI=1S/C20H25N3O3/c1-25-18-8-7-17(23-20(24)15-5-2-6-16(21)10-15)11-19(18)26-13-14-4-3-9-22-12-14/h3-4,7-9,11-12,15-16H,2,5-6,10,13,21H2,1H3,(H,23,24). The number of benzene rings is 1. The lowest BCUT2D eigenvalue weighted by molar-refractivity contribution is -0.120. The van der Waals surface area contributed by atoms with Gasteiger partial charge in [0.1, 0.15) is 6.61 Å². The molecular formula is C20H25N3O3. The van der Waals surface area contributed by atoms with Crippen LogP contribution in [0.5, 0.6) is 11.5 Å². The first-order chi connectivity index (χ1) is 12.7. The lowest BCUT2D eigenvalue weighted by atomic mass is 9.85. The van der Waals surface area contributed by atoms with Crippen LogP contribution in [0, 0.1) is 5.92 Å². The number of carbonyl (C=O) groups is 1. The van der Waals surface area contributed by atoms with E-state index < -0.39 is 0 Å². The zero-order chi connectivity index (χ0) is 18.4. The number of pyridine rings is 1. The van der Waals surface area contributed by atoms with Crippen molar-refractivity contribution in [3.63, 3.8) is 0 Å². The number of nitrogens with zero attached hydrogens (tertiary/aromatic N) is 1. The van der Waals surface area contributed by atoms with Gasteiger partial charge in [-0.25, -0.2) is 0 Å². The molecule has 1 aliphatic carbocycles. The van der Waals surface area contributed by atoms with Gasteiger partial charge >= 0.3 is 0 Å². The maximum absolute atomic E-state index is 12.5. The largest absolute Gasteiger partial charge is 0.493 e. The van der Waals surface area contributed by atoms with E-state index >= 15 is 0 Å². The number of methoxy groups -OCH3 is 1. The average Bonchev–Trinajstić information content (AvgIpc) is 2.67. The summed E-state index contributed by atoms with van der Waals surface area (Å²) in [6, 6.07) is 9.32. The van der Waals surface area contributed by atoms with Gasteiger partial charge in [0, 0.05) is 41.7 Å². The van der Waals surface area contributed by atoms with Crippen molar-refractivity contribution < 1.29 is 14.3 Å². The predicted octanol–water partition coefficient (Wildman–Crippen LogP) is 3.13. The summed E-state index contributed by atoms with van der Waals surface area (Å²) in [7, 11) is 1.59. The third-order valence-electron chi connectivity index (χ3n) is 4.63. The lowest BCUT2D eigenvalue weighted by Crippen LogP contribution is -2.34. The van der Waals surface area contributed by atoms with Crippen LogP contribution in [0.3, 0.4) is 0 Å². The SMILES string of the molecule is COc1ccc(NC(=O)C2CCCC(N)C2)cc1OCc1cccnc1. The Bertz CT molecular complexity index is 736. The Hall–Kier alpha value is -2.60. The van der Waals surface area contributed by atoms with Gasteiger partial charge in [-0.3, -0.25) is 9.78 Å². The van der Waals surface area contributed by atoms with E-state index in [0.717, 1.165) is 31.2 Å². The first-order valence-corrected chi connectivity index (χ1v) is 8.92. The number of aromatic nitrogens is 1. The first-order valence-electron chi connectivity index (χ1n) is 8.92. The summed E-state index contributed by atoms with van der Waals surface area (Å²) in [6.45, 7) is 0.374. The molecule has 0 radical (unpaired) electrons. The van der Waals surface area contributed by atoms with Gasteiger partial charge in [-0.2, -0.15) is 0 Å². The van der Waals surface area contributed by atoms with Crippen molar-refractivity contribution in [2.45, 2.75) is 38.3 Å². The van der Waals surface area contributed by atoms with E-state index in [2.05, 4.69) is 10.3 Å². The van der Waals surface area contributed by atoms with Gasteiger partial charge in [-0.1, -0.05) is 12.5 Å². The van der Waals surface area contributed by atoms with E-state index in [1.807, 2.05) is 18.2 Å². The Morgan fingerprint density at radius 1 is 1.31 bits per heavy atom. The Labute approximate surface area is 153 Å². The van der Waals surface area contributed by atoms with Crippen LogP contribution in [0.15, 0.2) is 42.7 Å². The molecule has 6 nitrogen and oxygen atoms in total. The molecule has 1 aliphatic rings. The monoisotopic (exact) mass is 355 g/mol. The number of amides is 1. The lowest BCUT2D eigenvalue weighted by Gasteiger charge is -2.25. The minimum absolute atomic E-state index is 0.0172. The fourth-order valence-corrected chi connectivity index (χ4v) is 3.22. The number of anilines is 1. The van der Waals surface area contributed by atoms with Gasteiger partial charge in [0.05, 0.1) is 7.11 Å². The summed E-state index contributed by atoms with van der Waals surface area (Å²) in [5.41, 5.74) is 7.64. The normalized spacial score (nSPS) is 19.6. The van der Waals surface area contributed by atoms with Gasteiger partial charge < -0.3 is 20.5 Å². The van der Waals surface area contributed by atoms with Crippen LogP contribution < -0.4 is 20.5 Å². The van der Waals surface area contributed by atoms with E-state index in [0.29, 0.717) is 23.8 Å². The molecule has 0 spiro atoms. The quantitative estimate of drug-likeness (QED) is 0.831. The third kappa shape index (κ3) is 4.73. The predicted molar refractivity (Wildman–Crippen MR) is 100 cm³/mol. The average molecular weight is 355 g/mol. The number of nitrogens with one attached hydrogen (secondary N) is 1. The number of hydrogen-bond acceptors (Lipinski definition) is 5. The summed E-state index contributed by atoms with van der Waals surface area (Å²) >= 11 is 0. The van der Waals surface area contributed by atoms with Gasteiger partial charge in [-0.05, 0) is 37.5 Å². The van der Waals surface area contributed by atoms with Crippen molar-refractivity contribution in [1.29, 1.82) is 0 Å². The van der Waals surface area contributed by atoms with Crippen LogP contribution in [-0.2, 0) is 11.4 Å². The molecule has 0 saturated heterocycles. The van der Waals surface area contributed by atoms with E-state index in [-0.39, 0.29) is 17.9 Å². The molecule has 3 rings (SSSR count). The van der Waals surface area contributed by atoms with Crippen molar-refractivity contribution in [3.8, 4) is 11.5 Å². The van der Waals surface area contributed by atoms with Crippen LogP contribution in [0.1, 0.15) is 31.2 Å². The van der Waals surface area contributed by atoms with Crippen molar-refractivity contribution in [2.24, 2.45) is 11.7 Å². The Morgan fingerprint density at radius 2 is 2.19 bits per heavy atom. The molecule has 1 amide bonds. The van der Waals surface area contributed by atoms with Crippen molar-refractivity contribution in [2.75, 3.05) is 12.4 Å². The molecule has 3 N–H and O–H groups in total. The molecule has 1 aromatic carbocycles. The number of ether oxygens (including phenoxy) is 2. The highest BCUT2D eigenvalue weighted by Gasteiger charge is 2.25. The molecule has 2 atom stereocenters. The zero-order valence-electron chi connectivity index (χ0n) is 15.0. The highest BCUT2D eigenvalue weighted by Crippen LogP contribution is 2.32. The first kappa shape index (κ1) is 18.2. The second-order valence-electron chi connectivity index (χ2n) is 6.63. The highest BCUT2D eigenvalue weighted by atomic mass is 16.5. The molecular weight excluding hydrogens is 330 g/mol. The molecule has 1 saturated carbocycles. The third-order valence-corrected chi connectivity index (χ3v) is 4.63. The molecule has 1 fully saturated rings. The van der Waals surface area contributed by atoms with Crippen LogP contribution in [0.4, 0.5) is 5.69 Å². The molecule has 138 valence electrons. The Morgan fingerprint density at radius 3 is 2.92 bits per heavy atom. The summed E-state index contributed by atoms with van der Waals surface area (Å²) in [6.07, 6.45) is 7.11. The van der Waals surface area contributed by atoms with E-state index in [9.17, 15) is 4.79 Å². The minimum atomic E-state index is -0.0272. The van der Waals surface area contributed by atoms with Crippen molar-refractivity contribution in [1.82, 2.24) is 4.98 Å². The number of carbonyl (C=O) groups excluding carboxylic acids is 1. The molecule has 1 aromatic heterocycles. The van der Waals surface area contributed by atoms with Crippen molar-refractivity contribution >= 4 is 11.6 Å². The van der Waals surface area contributed by atoms with Gasteiger partial charge in [0.25, 0.3) is 0 Å². The second-order valence-corrected chi connectivity index (χ2v) is 6.63. The molecule has 2 aromatic rings. The zero-order valence-corrected chi connectivity index (χ0v) is 15.0. The van der Waals surface area contributed by atoms with Crippen molar-refractivity contribution in [3.05, 3.63) is 48.3 Å². The minimum Gasteiger partial charge on any atom is -0.493 e. The summed E-state index contributed by atoms with van der Waals surface area (Å²) in [5, 5.41) is 2.98. The van der Waals surface area contributed by atoms with Gasteiger partial charge in [0.2, 0.25) is 5.91 Å². The summed E-state index contributed by atoms with van der Waals surface area (Å²) in [5.74, 6) is 1.19. The van der Waals surface area contributed by atoms with Crippen LogP contribution >= 0.6 is 0 Å². The van der Waals surface area contributed by atoms with Crippen LogP contribution in [-0.4, -0.2) is 24.0 Å². The fourth-order valence-electron chi connectivity index (χ4n) is 3.22. The Kier molecular flexibility index (Phi) is 6.07. The molecule has 2 unspecified atom stereocenters. The van der Waals surface area contributed by atoms with E-state index in [4.69, 9.17) is 15.2 Å². The number of rotatable bonds is 6. The maximum atomic E-state index is 12.5. The van der Waals surface area contributed by atoms with Crippen LogP contribution in [0.2, 0.25) is 0 Å². The molecule has 0 bridgehead atoms. The second kappa shape index (κ2) is 8.67. The Balaban J connectivity index is 1.67. The van der Waals surface area contributed by atoms with E-state index in [1.165, 1.54) is 0 Å². The molecule has 6 heteroatoms. The molecule has 26 heavy (non-hydrogen) atoms. The number of nitrogens with two attached hydrogens (primary N) is 1. The van der Waals surface area contributed by atoms with Gasteiger partial charge in [0.15, 0.2) is 11.5 Å². The summed E-state index contributed by atoms with van der Waals surface area (Å²) < 4.78 is 11.2. The van der Waals surface area contributed by atoms with Crippen LogP contribution in [0.25, 0.3) is 0 Å². The fraction of sp³-hybridized carbons (Fsp3) is 0.400. The molecule has 1 heterocycles. The van der Waals surface area contributed by atoms with E-state index in [1.54, 1.807) is 31.6 Å². The highest BCUT2D eigenvalue weighted by molar-refractivity contribution is 5.93. The van der Waals surface area contributed by atoms with Gasteiger partial charge in [-0.15, -0.1) is 0 Å². The maximum Gasteiger partial charge on any atom is 0.227 e. The molecule has 0 aliphatic heterocycles. The topological polar surface area (TPSA) is 86.5 Å². The number of hydrogen-bond donors (Lipinski definition) is 2. The summed E-state index contributed by atoms with van der Waals surface area (Å²) in [4.78, 5) is 16.6.